The van der Waals surface area contributed by atoms with Crippen molar-refractivity contribution in [2.24, 2.45) is 5.10 Å². The number of allylic oxidation sites excluding steroid dienone is 1. The second kappa shape index (κ2) is 5.29. The molecule has 2 aliphatic rings. The van der Waals surface area contributed by atoms with Gasteiger partial charge in [-0.2, -0.15) is 0 Å². The van der Waals surface area contributed by atoms with Crippen LogP contribution in [0.5, 0.6) is 0 Å². The van der Waals surface area contributed by atoms with E-state index >= 15 is 0 Å². The Hall–Kier alpha value is -1.63. The third-order valence-electron chi connectivity index (χ3n) is 3.94. The van der Waals surface area contributed by atoms with E-state index < -0.39 is 5.03 Å². The maximum atomic E-state index is 10.9. The summed E-state index contributed by atoms with van der Waals surface area (Å²) in [5.74, 6) is 0.398. The summed E-state index contributed by atoms with van der Waals surface area (Å²) in [5, 5.41) is 13.9. The molecule has 2 heterocycles. The van der Waals surface area contributed by atoms with Gasteiger partial charge in [-0.15, -0.1) is 0 Å². The second-order valence-corrected chi connectivity index (χ2v) is 6.86. The van der Waals surface area contributed by atoms with Crippen molar-refractivity contribution in [3.63, 3.8) is 0 Å². The van der Waals surface area contributed by atoms with E-state index in [1.165, 1.54) is 0 Å². The fraction of sp³-hybridized carbons (Fsp3) is 0.786. The number of guanidine groups is 1. The van der Waals surface area contributed by atoms with Crippen molar-refractivity contribution in [2.75, 3.05) is 13.2 Å². The molecule has 2 aliphatic heterocycles. The van der Waals surface area contributed by atoms with Crippen molar-refractivity contribution < 1.29 is 9.77 Å². The molecule has 0 radical (unpaired) electrons. The van der Waals surface area contributed by atoms with Crippen molar-refractivity contribution in [1.82, 2.24) is 9.80 Å². The third-order valence-corrected chi connectivity index (χ3v) is 3.94. The molecule has 0 bridgehead atoms. The van der Waals surface area contributed by atoms with Gasteiger partial charge in [-0.3, -0.25) is 0 Å². The van der Waals surface area contributed by atoms with Gasteiger partial charge in [-0.05, 0) is 41.0 Å². The van der Waals surface area contributed by atoms with Gasteiger partial charge in [0.1, 0.15) is 5.10 Å². The van der Waals surface area contributed by atoms with Gasteiger partial charge in [0.05, 0.1) is 23.8 Å². The van der Waals surface area contributed by atoms with Crippen LogP contribution in [0.1, 0.15) is 41.0 Å². The number of ether oxygens (including phenoxy) is 1. The van der Waals surface area contributed by atoms with Crippen molar-refractivity contribution >= 4 is 5.96 Å². The number of hydrogen-bond donors (Lipinski definition) is 0. The zero-order valence-corrected chi connectivity index (χ0v) is 13.4. The molecule has 118 valence electrons. The van der Waals surface area contributed by atoms with Crippen molar-refractivity contribution in [1.29, 1.82) is 0 Å². The molecule has 0 aromatic rings. The van der Waals surface area contributed by atoms with Crippen molar-refractivity contribution in [3.05, 3.63) is 22.4 Å². The zero-order chi connectivity index (χ0) is 15.8. The molecule has 0 aliphatic carbocycles. The highest BCUT2D eigenvalue weighted by Gasteiger charge is 2.49. The Labute approximate surface area is 125 Å². The van der Waals surface area contributed by atoms with E-state index in [4.69, 9.17) is 4.74 Å². The molecular formula is C14H24N4O3. The van der Waals surface area contributed by atoms with Crippen molar-refractivity contribution in [2.45, 2.75) is 58.2 Å². The van der Waals surface area contributed by atoms with E-state index in [0.29, 0.717) is 19.1 Å². The van der Waals surface area contributed by atoms with Gasteiger partial charge < -0.3 is 14.5 Å². The Balaban J connectivity index is 2.37. The maximum Gasteiger partial charge on any atom is 0.278 e. The minimum atomic E-state index is -0.624. The monoisotopic (exact) mass is 296 g/mol. The largest absolute Gasteiger partial charge is 0.373 e. The number of nitrogens with zero attached hydrogens (tertiary/aromatic N) is 4. The van der Waals surface area contributed by atoms with E-state index in [1.54, 1.807) is 0 Å². The van der Waals surface area contributed by atoms with E-state index in [-0.39, 0.29) is 17.2 Å². The molecule has 7 nitrogen and oxygen atoms in total. The first-order valence-electron chi connectivity index (χ1n) is 7.22. The summed E-state index contributed by atoms with van der Waals surface area (Å²) >= 11 is 0. The number of hydrogen-bond acceptors (Lipinski definition) is 3. The molecule has 1 atom stereocenters. The second-order valence-electron chi connectivity index (χ2n) is 6.86. The first-order chi connectivity index (χ1) is 9.66. The van der Waals surface area contributed by atoms with Gasteiger partial charge in [0, 0.05) is 12.7 Å². The first kappa shape index (κ1) is 15.8. The highest BCUT2D eigenvalue weighted by Crippen LogP contribution is 2.36. The lowest BCUT2D eigenvalue weighted by molar-refractivity contribution is -0.486. The van der Waals surface area contributed by atoms with Crippen molar-refractivity contribution in [3.8, 4) is 0 Å². The van der Waals surface area contributed by atoms with Crippen LogP contribution >= 0.6 is 0 Å². The number of nitro groups is 1. The van der Waals surface area contributed by atoms with E-state index in [2.05, 4.69) is 18.9 Å². The number of hydrazone groups is 1. The van der Waals surface area contributed by atoms with Gasteiger partial charge >= 0.3 is 0 Å². The average molecular weight is 296 g/mol. The predicted octanol–water partition coefficient (Wildman–Crippen LogP) is 2.03. The normalized spacial score (nSPS) is 29.8. The molecule has 7 heteroatoms. The zero-order valence-electron chi connectivity index (χ0n) is 13.4. The van der Waals surface area contributed by atoms with Gasteiger partial charge in [-0.1, -0.05) is 6.08 Å². The van der Waals surface area contributed by atoms with Crippen LogP contribution < -0.4 is 0 Å². The Bertz CT molecular complexity index is 485. The summed E-state index contributed by atoms with van der Waals surface area (Å²) in [6, 6.07) is 0.101. The molecule has 0 aromatic heterocycles. The molecule has 0 aromatic carbocycles. The quantitative estimate of drug-likeness (QED) is 0.588. The minimum Gasteiger partial charge on any atom is -0.373 e. The fourth-order valence-electron chi connectivity index (χ4n) is 3.28. The number of rotatable bonds is 3. The summed E-state index contributed by atoms with van der Waals surface area (Å²) in [5.41, 5.74) is -0.433. The van der Waals surface area contributed by atoms with Crippen LogP contribution in [0.15, 0.2) is 17.4 Å². The molecule has 2 rings (SSSR count). The average Bonchev–Trinajstić information content (AvgIpc) is 2.77. The summed E-state index contributed by atoms with van der Waals surface area (Å²) in [6.07, 6.45) is 4.53. The molecule has 1 unspecified atom stereocenters. The molecule has 0 saturated carbocycles. The van der Waals surface area contributed by atoms with Crippen LogP contribution in [0.3, 0.4) is 0 Å². The molecule has 21 heavy (non-hydrogen) atoms. The molecular weight excluding hydrogens is 272 g/mol. The van der Waals surface area contributed by atoms with Gasteiger partial charge in [0.15, 0.2) is 5.03 Å². The van der Waals surface area contributed by atoms with Crippen LogP contribution in [0.25, 0.3) is 0 Å². The highest BCUT2D eigenvalue weighted by atomic mass is 16.7. The van der Waals surface area contributed by atoms with Crippen LogP contribution in [0.4, 0.5) is 0 Å². The summed E-state index contributed by atoms with van der Waals surface area (Å²) < 4.78 is 5.80. The SMILES string of the molecule is CC=CN1CC(C)(C)N(C2COC(C)(C)C2)C1=N[N+](=O)[O-]. The summed E-state index contributed by atoms with van der Waals surface area (Å²) in [4.78, 5) is 14.8. The van der Waals surface area contributed by atoms with E-state index in [9.17, 15) is 10.1 Å². The molecule has 2 fully saturated rings. The minimum absolute atomic E-state index is 0.101. The lowest BCUT2D eigenvalue weighted by Crippen LogP contribution is -2.50. The standard InChI is InChI=1S/C14H24N4O3/c1-6-7-16-10-13(2,3)17(12(16)15-18(19)20)11-8-14(4,5)21-9-11/h6-7,11H,8-10H2,1-5H3. The van der Waals surface area contributed by atoms with Crippen LogP contribution in [-0.2, 0) is 4.74 Å². The summed E-state index contributed by atoms with van der Waals surface area (Å²) in [6.45, 7) is 11.4. The van der Waals surface area contributed by atoms with E-state index in [1.807, 2.05) is 42.8 Å². The van der Waals surface area contributed by atoms with Crippen LogP contribution in [0, 0.1) is 10.1 Å². The smallest absolute Gasteiger partial charge is 0.278 e. The Morgan fingerprint density at radius 2 is 2.10 bits per heavy atom. The summed E-state index contributed by atoms with van der Waals surface area (Å²) in [7, 11) is 0. The maximum absolute atomic E-state index is 10.9. The Morgan fingerprint density at radius 1 is 1.43 bits per heavy atom. The molecule has 2 saturated heterocycles. The molecule has 0 N–H and O–H groups in total. The first-order valence-corrected chi connectivity index (χ1v) is 7.22. The topological polar surface area (TPSA) is 71.2 Å². The molecule has 0 amide bonds. The fourth-order valence-corrected chi connectivity index (χ4v) is 3.28. The Kier molecular flexibility index (Phi) is 3.97. The van der Waals surface area contributed by atoms with Gasteiger partial charge in [-0.25, -0.2) is 10.1 Å². The van der Waals surface area contributed by atoms with Gasteiger partial charge in [0.2, 0.25) is 0 Å². The lowest BCUT2D eigenvalue weighted by Gasteiger charge is -2.35. The van der Waals surface area contributed by atoms with Crippen LogP contribution in [0.2, 0.25) is 0 Å². The lowest BCUT2D eigenvalue weighted by atomic mass is 9.97. The molecule has 0 spiro atoms. The van der Waals surface area contributed by atoms with Gasteiger partial charge in [0.25, 0.3) is 5.96 Å². The predicted molar refractivity (Wildman–Crippen MR) is 80.3 cm³/mol. The van der Waals surface area contributed by atoms with Crippen LogP contribution in [-0.4, -0.2) is 51.1 Å². The highest BCUT2D eigenvalue weighted by molar-refractivity contribution is 5.84. The third kappa shape index (κ3) is 3.18. The van der Waals surface area contributed by atoms with E-state index in [0.717, 1.165) is 6.42 Å². The Morgan fingerprint density at radius 3 is 2.57 bits per heavy atom.